The maximum absolute atomic E-state index is 13.1. The van der Waals surface area contributed by atoms with Gasteiger partial charge in [0.15, 0.2) is 0 Å². The van der Waals surface area contributed by atoms with Crippen molar-refractivity contribution in [1.29, 1.82) is 0 Å². The van der Waals surface area contributed by atoms with Crippen molar-refractivity contribution in [1.82, 2.24) is 14.5 Å². The van der Waals surface area contributed by atoms with Crippen LogP contribution in [0.3, 0.4) is 0 Å². The number of rotatable bonds is 3. The molecular weight excluding hydrogens is 340 g/mol. The highest BCUT2D eigenvalue weighted by Gasteiger charge is 2.29. The molecule has 6 heteroatoms. The quantitative estimate of drug-likeness (QED) is 0.711. The summed E-state index contributed by atoms with van der Waals surface area (Å²) in [4.78, 5) is 23.8. The second-order valence-electron chi connectivity index (χ2n) is 7.27. The smallest absolute Gasteiger partial charge is 0.260 e. The van der Waals surface area contributed by atoms with E-state index in [9.17, 15) is 4.79 Å². The number of carbonyl (C=O) groups excluding carboxylic acids is 1. The highest BCUT2D eigenvalue weighted by Crippen LogP contribution is 2.29. The van der Waals surface area contributed by atoms with Gasteiger partial charge in [-0.15, -0.1) is 0 Å². The first kappa shape index (κ1) is 16.3. The van der Waals surface area contributed by atoms with Gasteiger partial charge in [-0.3, -0.25) is 9.69 Å². The summed E-state index contributed by atoms with van der Waals surface area (Å²) in [5.41, 5.74) is 2.58. The zero-order valence-corrected chi connectivity index (χ0v) is 15.2. The Morgan fingerprint density at radius 2 is 1.93 bits per heavy atom. The first-order valence-corrected chi connectivity index (χ1v) is 9.69. The fourth-order valence-electron chi connectivity index (χ4n) is 4.10. The summed E-state index contributed by atoms with van der Waals surface area (Å²) >= 11 is 0. The Morgan fingerprint density at radius 3 is 2.81 bits per heavy atom. The largest absolute Gasteiger partial charge is 0.474 e. The molecule has 1 amide bonds. The maximum atomic E-state index is 13.1. The van der Waals surface area contributed by atoms with Gasteiger partial charge in [0.05, 0.1) is 11.0 Å². The first-order chi connectivity index (χ1) is 13.3. The first-order valence-electron chi connectivity index (χ1n) is 9.69. The van der Waals surface area contributed by atoms with Gasteiger partial charge in [0.25, 0.3) is 5.91 Å². The Labute approximate surface area is 157 Å². The fourth-order valence-corrected chi connectivity index (χ4v) is 4.10. The average Bonchev–Trinajstić information content (AvgIpc) is 3.28. The number of ether oxygens (including phenoxy) is 1. The number of nitrogens with zero attached hydrogens (tertiary/aromatic N) is 4. The number of fused-ring (bicyclic) bond motifs is 3. The normalized spacial score (nSPS) is 17.3. The lowest BCUT2D eigenvalue weighted by Gasteiger charge is -2.22. The number of hydrogen-bond acceptors (Lipinski definition) is 4. The van der Waals surface area contributed by atoms with Gasteiger partial charge in [0.1, 0.15) is 6.10 Å². The standard InChI is InChI=1S/C21H22N4O2/c26-20(15-10-11-22-19(14-15)27-16-6-2-1-3-7-16)25-13-12-24-18-9-5-4-8-17(18)23-21(24)25/h4-5,8-11,14,16H,1-3,6-7,12-13H2. The number of carbonyl (C=O) groups is 1. The van der Waals surface area contributed by atoms with Gasteiger partial charge in [0, 0.05) is 30.9 Å². The van der Waals surface area contributed by atoms with E-state index in [1.54, 1.807) is 23.2 Å². The summed E-state index contributed by atoms with van der Waals surface area (Å²) in [6, 6.07) is 11.5. The predicted octanol–water partition coefficient (Wildman–Crippen LogP) is 3.80. The number of aromatic nitrogens is 3. The van der Waals surface area contributed by atoms with Crippen molar-refractivity contribution >= 4 is 22.9 Å². The van der Waals surface area contributed by atoms with Gasteiger partial charge in [-0.05, 0) is 43.9 Å². The summed E-state index contributed by atoms with van der Waals surface area (Å²) in [5, 5.41) is 0. The fraction of sp³-hybridized carbons (Fsp3) is 0.381. The monoisotopic (exact) mass is 362 g/mol. The van der Waals surface area contributed by atoms with Crippen LogP contribution in [0.4, 0.5) is 5.95 Å². The molecule has 0 spiro atoms. The van der Waals surface area contributed by atoms with Crippen LogP contribution in [0.25, 0.3) is 11.0 Å². The highest BCUT2D eigenvalue weighted by molar-refractivity contribution is 6.06. The zero-order valence-electron chi connectivity index (χ0n) is 15.2. The third-order valence-corrected chi connectivity index (χ3v) is 5.49. The minimum absolute atomic E-state index is 0.0556. The second-order valence-corrected chi connectivity index (χ2v) is 7.27. The van der Waals surface area contributed by atoms with Crippen molar-refractivity contribution in [2.45, 2.75) is 44.8 Å². The van der Waals surface area contributed by atoms with Crippen molar-refractivity contribution in [3.8, 4) is 5.88 Å². The third-order valence-electron chi connectivity index (χ3n) is 5.49. The molecule has 3 aromatic rings. The van der Waals surface area contributed by atoms with Crippen molar-refractivity contribution in [3.05, 3.63) is 48.2 Å². The predicted molar refractivity (Wildman–Crippen MR) is 103 cm³/mol. The molecule has 27 heavy (non-hydrogen) atoms. The number of hydrogen-bond donors (Lipinski definition) is 0. The number of amides is 1. The molecule has 6 nitrogen and oxygen atoms in total. The lowest BCUT2D eigenvalue weighted by atomic mass is 9.98. The van der Waals surface area contributed by atoms with E-state index in [0.29, 0.717) is 23.9 Å². The lowest BCUT2D eigenvalue weighted by Crippen LogP contribution is -2.29. The van der Waals surface area contributed by atoms with Gasteiger partial charge in [0.2, 0.25) is 11.8 Å². The Bertz CT molecular complexity index is 991. The minimum Gasteiger partial charge on any atom is -0.474 e. The van der Waals surface area contributed by atoms with E-state index < -0.39 is 0 Å². The molecule has 3 heterocycles. The molecule has 0 saturated heterocycles. The Balaban J connectivity index is 1.40. The summed E-state index contributed by atoms with van der Waals surface area (Å²) in [5.74, 6) is 1.20. The molecule has 0 radical (unpaired) electrons. The van der Waals surface area contributed by atoms with Gasteiger partial charge in [-0.1, -0.05) is 18.6 Å². The number of para-hydroxylation sites is 2. The molecule has 0 atom stereocenters. The third kappa shape index (κ3) is 2.95. The van der Waals surface area contributed by atoms with E-state index in [1.165, 1.54) is 19.3 Å². The molecule has 1 aromatic carbocycles. The summed E-state index contributed by atoms with van der Waals surface area (Å²) in [6.07, 6.45) is 7.69. The van der Waals surface area contributed by atoms with Crippen LogP contribution in [-0.4, -0.2) is 33.1 Å². The van der Waals surface area contributed by atoms with Crippen LogP contribution in [0.1, 0.15) is 42.5 Å². The van der Waals surface area contributed by atoms with Crippen LogP contribution in [0.15, 0.2) is 42.6 Å². The molecule has 0 N–H and O–H groups in total. The van der Waals surface area contributed by atoms with E-state index >= 15 is 0 Å². The maximum Gasteiger partial charge on any atom is 0.260 e. The molecule has 1 saturated carbocycles. The second kappa shape index (κ2) is 6.68. The van der Waals surface area contributed by atoms with Crippen LogP contribution in [0.2, 0.25) is 0 Å². The molecule has 0 unspecified atom stereocenters. The molecule has 1 fully saturated rings. The van der Waals surface area contributed by atoms with Gasteiger partial charge in [-0.2, -0.15) is 0 Å². The van der Waals surface area contributed by atoms with Crippen LogP contribution < -0.4 is 9.64 Å². The van der Waals surface area contributed by atoms with Crippen LogP contribution in [0.5, 0.6) is 5.88 Å². The summed E-state index contributed by atoms with van der Waals surface area (Å²) in [7, 11) is 0. The van der Waals surface area contributed by atoms with E-state index in [4.69, 9.17) is 4.74 Å². The zero-order chi connectivity index (χ0) is 18.2. The van der Waals surface area contributed by atoms with E-state index in [2.05, 4.69) is 14.5 Å². The van der Waals surface area contributed by atoms with E-state index in [1.807, 2.05) is 24.3 Å². The summed E-state index contributed by atoms with van der Waals surface area (Å²) < 4.78 is 8.13. The molecule has 2 aliphatic rings. The molecule has 5 rings (SSSR count). The lowest BCUT2D eigenvalue weighted by molar-refractivity contribution is 0.0986. The SMILES string of the molecule is O=C(c1ccnc(OC2CCCCC2)c1)N1CCn2c1nc1ccccc12. The van der Waals surface area contributed by atoms with Crippen molar-refractivity contribution in [3.63, 3.8) is 0 Å². The molecule has 2 aromatic heterocycles. The van der Waals surface area contributed by atoms with Gasteiger partial charge in [-0.25, -0.2) is 9.97 Å². The molecule has 1 aliphatic carbocycles. The van der Waals surface area contributed by atoms with Crippen LogP contribution >= 0.6 is 0 Å². The Hall–Kier alpha value is -2.89. The highest BCUT2D eigenvalue weighted by atomic mass is 16.5. The van der Waals surface area contributed by atoms with Crippen molar-refractivity contribution in [2.75, 3.05) is 11.4 Å². The molecule has 138 valence electrons. The minimum atomic E-state index is -0.0556. The Morgan fingerprint density at radius 1 is 1.07 bits per heavy atom. The Kier molecular flexibility index (Phi) is 4.03. The number of anilines is 1. The van der Waals surface area contributed by atoms with Crippen LogP contribution in [-0.2, 0) is 6.54 Å². The van der Waals surface area contributed by atoms with Gasteiger partial charge < -0.3 is 9.30 Å². The number of imidazole rings is 1. The molecule has 0 bridgehead atoms. The van der Waals surface area contributed by atoms with Crippen molar-refractivity contribution < 1.29 is 9.53 Å². The molecule has 1 aliphatic heterocycles. The topological polar surface area (TPSA) is 60.2 Å². The van der Waals surface area contributed by atoms with E-state index in [0.717, 1.165) is 30.4 Å². The summed E-state index contributed by atoms with van der Waals surface area (Å²) in [6.45, 7) is 1.39. The van der Waals surface area contributed by atoms with E-state index in [-0.39, 0.29) is 12.0 Å². The van der Waals surface area contributed by atoms with Crippen LogP contribution in [0, 0.1) is 0 Å². The number of pyridine rings is 1. The van der Waals surface area contributed by atoms with Gasteiger partial charge >= 0.3 is 0 Å². The average molecular weight is 362 g/mol. The molecular formula is C21H22N4O2. The number of benzene rings is 1. The van der Waals surface area contributed by atoms with Crippen molar-refractivity contribution in [2.24, 2.45) is 0 Å².